The highest BCUT2D eigenvalue weighted by molar-refractivity contribution is 7.92. The van der Waals surface area contributed by atoms with Gasteiger partial charge in [-0.15, -0.1) is 0 Å². The van der Waals surface area contributed by atoms with Gasteiger partial charge in [-0.2, -0.15) is 0 Å². The van der Waals surface area contributed by atoms with E-state index in [9.17, 15) is 17.6 Å². The van der Waals surface area contributed by atoms with Gasteiger partial charge in [0.15, 0.2) is 0 Å². The molecule has 5 nitrogen and oxygen atoms in total. The summed E-state index contributed by atoms with van der Waals surface area (Å²) < 4.78 is 40.5. The van der Waals surface area contributed by atoms with Crippen molar-refractivity contribution in [2.24, 2.45) is 5.92 Å². The Kier molecular flexibility index (Phi) is 6.22. The van der Waals surface area contributed by atoms with Crippen LogP contribution < -0.4 is 9.62 Å². The lowest BCUT2D eigenvalue weighted by Crippen LogP contribution is -2.31. The average Bonchev–Trinajstić information content (AvgIpc) is 3.63. The van der Waals surface area contributed by atoms with Gasteiger partial charge in [-0.3, -0.25) is 9.10 Å². The quantitative estimate of drug-likeness (QED) is 0.515. The molecule has 0 unspecified atom stereocenters. The lowest BCUT2D eigenvalue weighted by Gasteiger charge is -2.21. The van der Waals surface area contributed by atoms with E-state index >= 15 is 0 Å². The van der Waals surface area contributed by atoms with Crippen molar-refractivity contribution < 1.29 is 17.6 Å². The molecule has 166 valence electrons. The van der Waals surface area contributed by atoms with Gasteiger partial charge >= 0.3 is 0 Å². The molecule has 3 aromatic carbocycles. The molecule has 0 radical (unpaired) electrons. The molecule has 1 aliphatic carbocycles. The molecule has 0 aliphatic heterocycles. The second-order valence-corrected chi connectivity index (χ2v) is 10.2. The number of anilines is 1. The molecular weight excluding hydrogens is 451 g/mol. The molecule has 1 N–H and O–H groups in total. The summed E-state index contributed by atoms with van der Waals surface area (Å²) in [4.78, 5) is 13.0. The van der Waals surface area contributed by atoms with Crippen molar-refractivity contribution in [1.29, 1.82) is 0 Å². The third-order valence-corrected chi connectivity index (χ3v) is 7.68. The van der Waals surface area contributed by atoms with E-state index in [1.807, 2.05) is 30.3 Å². The molecule has 8 heteroatoms. The fourth-order valence-electron chi connectivity index (χ4n) is 3.57. The molecule has 0 saturated heterocycles. The first-order chi connectivity index (χ1) is 15.3. The standard InChI is InChI=1S/C24H22ClFN2O3S/c1-28(19-11-9-18(26)10-12-19)32(30,31)20-13-14-22(25)21(15-20)24(29)27-23(17-7-8-17)16-5-3-2-4-6-16/h2-6,9-15,17,23H,7-8H2,1H3,(H,27,29)/t23-/m0/s1. The second kappa shape index (κ2) is 8.92. The smallest absolute Gasteiger partial charge is 0.264 e. The van der Waals surface area contributed by atoms with Crippen molar-refractivity contribution in [3.63, 3.8) is 0 Å². The maximum Gasteiger partial charge on any atom is 0.264 e. The SMILES string of the molecule is CN(c1ccc(F)cc1)S(=O)(=O)c1ccc(Cl)c(C(=O)N[C@@H](c2ccccc2)C2CC2)c1. The molecule has 1 fully saturated rings. The van der Waals surface area contributed by atoms with Crippen LogP contribution in [0, 0.1) is 11.7 Å². The van der Waals surface area contributed by atoms with Crippen LogP contribution in [0.4, 0.5) is 10.1 Å². The Hall–Kier alpha value is -2.90. The number of rotatable bonds is 7. The van der Waals surface area contributed by atoms with E-state index in [1.165, 1.54) is 49.5 Å². The molecule has 4 rings (SSSR count). The van der Waals surface area contributed by atoms with E-state index in [0.717, 1.165) is 22.7 Å². The van der Waals surface area contributed by atoms with E-state index in [-0.39, 0.29) is 21.5 Å². The van der Waals surface area contributed by atoms with Gasteiger partial charge in [0.1, 0.15) is 5.82 Å². The van der Waals surface area contributed by atoms with E-state index in [4.69, 9.17) is 11.6 Å². The van der Waals surface area contributed by atoms with Crippen LogP contribution in [0.2, 0.25) is 5.02 Å². The predicted octanol–water partition coefficient (Wildman–Crippen LogP) is 5.19. The largest absolute Gasteiger partial charge is 0.345 e. The highest BCUT2D eigenvalue weighted by atomic mass is 35.5. The van der Waals surface area contributed by atoms with Gasteiger partial charge in [0.05, 0.1) is 27.2 Å². The predicted molar refractivity (Wildman–Crippen MR) is 123 cm³/mol. The zero-order chi connectivity index (χ0) is 22.9. The molecule has 1 amide bonds. The minimum Gasteiger partial charge on any atom is -0.345 e. The first-order valence-electron chi connectivity index (χ1n) is 10.2. The number of hydrogen-bond donors (Lipinski definition) is 1. The zero-order valence-corrected chi connectivity index (χ0v) is 18.9. The normalized spacial score (nSPS) is 14.6. The summed E-state index contributed by atoms with van der Waals surface area (Å²) in [6, 6.07) is 18.7. The number of halogens is 2. The number of benzene rings is 3. The minimum absolute atomic E-state index is 0.0819. The van der Waals surface area contributed by atoms with Crippen LogP contribution >= 0.6 is 11.6 Å². The van der Waals surface area contributed by atoms with Gasteiger partial charge in [0.2, 0.25) is 0 Å². The van der Waals surface area contributed by atoms with Crippen molar-refractivity contribution in [3.8, 4) is 0 Å². The van der Waals surface area contributed by atoms with Gasteiger partial charge in [0.25, 0.3) is 15.9 Å². The van der Waals surface area contributed by atoms with Gasteiger partial charge < -0.3 is 5.32 Å². The van der Waals surface area contributed by atoms with Gasteiger partial charge in [0, 0.05) is 7.05 Å². The maximum atomic E-state index is 13.2. The van der Waals surface area contributed by atoms with Gasteiger partial charge in [-0.25, -0.2) is 12.8 Å². The summed E-state index contributed by atoms with van der Waals surface area (Å²) in [7, 11) is -2.62. The topological polar surface area (TPSA) is 66.5 Å². The minimum atomic E-state index is -3.99. The van der Waals surface area contributed by atoms with Crippen molar-refractivity contribution in [1.82, 2.24) is 5.32 Å². The third-order valence-electron chi connectivity index (χ3n) is 5.57. The van der Waals surface area contributed by atoms with Crippen LogP contribution in [-0.2, 0) is 10.0 Å². The van der Waals surface area contributed by atoms with Crippen LogP contribution in [0.15, 0.2) is 77.7 Å². The highest BCUT2D eigenvalue weighted by Gasteiger charge is 2.34. The molecule has 0 aromatic heterocycles. The van der Waals surface area contributed by atoms with Crippen LogP contribution in [0.25, 0.3) is 0 Å². The van der Waals surface area contributed by atoms with Crippen LogP contribution in [0.3, 0.4) is 0 Å². The molecule has 32 heavy (non-hydrogen) atoms. The van der Waals surface area contributed by atoms with Crippen molar-refractivity contribution >= 4 is 33.2 Å². The lowest BCUT2D eigenvalue weighted by molar-refractivity contribution is 0.0931. The lowest BCUT2D eigenvalue weighted by atomic mass is 10.0. The number of amides is 1. The third kappa shape index (κ3) is 4.64. The van der Waals surface area contributed by atoms with Gasteiger partial charge in [-0.05, 0) is 66.8 Å². The molecule has 0 heterocycles. The van der Waals surface area contributed by atoms with Crippen LogP contribution in [0.1, 0.15) is 34.8 Å². The van der Waals surface area contributed by atoms with Crippen LogP contribution in [-0.4, -0.2) is 21.4 Å². The van der Waals surface area contributed by atoms with Crippen molar-refractivity contribution in [3.05, 3.63) is 94.8 Å². The molecule has 1 saturated carbocycles. The summed E-state index contributed by atoms with van der Waals surface area (Å²) in [6.45, 7) is 0. The van der Waals surface area contributed by atoms with E-state index in [2.05, 4.69) is 5.32 Å². The van der Waals surface area contributed by atoms with Crippen LogP contribution in [0.5, 0.6) is 0 Å². The molecule has 0 bridgehead atoms. The Bertz CT molecular complexity index is 1230. The Morgan fingerprint density at radius 3 is 2.34 bits per heavy atom. The average molecular weight is 473 g/mol. The van der Waals surface area contributed by atoms with E-state index in [1.54, 1.807) is 0 Å². The first-order valence-corrected chi connectivity index (χ1v) is 12.0. The Balaban J connectivity index is 1.62. The van der Waals surface area contributed by atoms with E-state index < -0.39 is 21.7 Å². The number of carbonyl (C=O) groups is 1. The first kappa shape index (κ1) is 22.3. The Morgan fingerprint density at radius 1 is 1.06 bits per heavy atom. The molecular formula is C24H22ClFN2O3S. The number of nitrogens with zero attached hydrogens (tertiary/aromatic N) is 1. The molecule has 1 atom stereocenters. The number of carbonyl (C=O) groups excluding carboxylic acids is 1. The fraction of sp³-hybridized carbons (Fsp3) is 0.208. The van der Waals surface area contributed by atoms with Crippen molar-refractivity contribution in [2.45, 2.75) is 23.8 Å². The highest BCUT2D eigenvalue weighted by Crippen LogP contribution is 2.41. The summed E-state index contributed by atoms with van der Waals surface area (Å²) in [6.07, 6.45) is 2.04. The number of nitrogens with one attached hydrogen (secondary N) is 1. The second-order valence-electron chi connectivity index (χ2n) is 7.79. The summed E-state index contributed by atoms with van der Waals surface area (Å²) in [5, 5.41) is 3.19. The van der Waals surface area contributed by atoms with Gasteiger partial charge in [-0.1, -0.05) is 41.9 Å². The summed E-state index contributed by atoms with van der Waals surface area (Å²) in [5.74, 6) is -0.553. The molecule has 0 spiro atoms. The zero-order valence-electron chi connectivity index (χ0n) is 17.3. The van der Waals surface area contributed by atoms with Crippen molar-refractivity contribution in [2.75, 3.05) is 11.4 Å². The monoisotopic (exact) mass is 472 g/mol. The Morgan fingerprint density at radius 2 is 1.72 bits per heavy atom. The maximum absolute atomic E-state index is 13.2. The fourth-order valence-corrected chi connectivity index (χ4v) is 4.99. The number of hydrogen-bond acceptors (Lipinski definition) is 3. The summed E-state index contributed by atoms with van der Waals surface area (Å²) >= 11 is 6.27. The molecule has 3 aromatic rings. The number of sulfonamides is 1. The summed E-state index contributed by atoms with van der Waals surface area (Å²) in [5.41, 5.74) is 1.38. The Labute approximate surface area is 191 Å². The van der Waals surface area contributed by atoms with E-state index in [0.29, 0.717) is 11.6 Å². The molecule has 1 aliphatic rings.